The van der Waals surface area contributed by atoms with Crippen LogP contribution in [0, 0.1) is 0 Å². The molecule has 2 rings (SSSR count). The predicted octanol–water partition coefficient (Wildman–Crippen LogP) is 0.510. The van der Waals surface area contributed by atoms with Crippen molar-refractivity contribution in [2.75, 3.05) is 13.7 Å². The van der Waals surface area contributed by atoms with Crippen LogP contribution in [0.1, 0.15) is 31.4 Å². The number of amides is 1. The number of carboxylic acid groups (broad SMARTS) is 1. The highest BCUT2D eigenvalue weighted by Gasteiger charge is 2.41. The second-order valence-electron chi connectivity index (χ2n) is 5.47. The van der Waals surface area contributed by atoms with E-state index in [9.17, 15) is 24.6 Å². The van der Waals surface area contributed by atoms with Gasteiger partial charge in [0.1, 0.15) is 5.75 Å². The summed E-state index contributed by atoms with van der Waals surface area (Å²) in [6, 6.07) is 6.02. The van der Waals surface area contributed by atoms with Crippen LogP contribution in [0.15, 0.2) is 35.6 Å². The van der Waals surface area contributed by atoms with E-state index in [4.69, 9.17) is 4.74 Å². The number of methoxy groups -OCH3 is 1. The highest BCUT2D eigenvalue weighted by molar-refractivity contribution is 6.08. The molecule has 1 aliphatic heterocycles. The molecule has 0 unspecified atom stereocenters. The first-order chi connectivity index (χ1) is 11.4. The Labute approximate surface area is 139 Å². The summed E-state index contributed by atoms with van der Waals surface area (Å²) in [6.45, 7) is 1.37. The van der Waals surface area contributed by atoms with Crippen molar-refractivity contribution in [3.63, 3.8) is 0 Å². The zero-order chi connectivity index (χ0) is 17.9. The highest BCUT2D eigenvalue weighted by Crippen LogP contribution is 2.38. The van der Waals surface area contributed by atoms with Crippen LogP contribution in [-0.2, 0) is 14.4 Å². The number of ether oxygens (including phenoxy) is 1. The minimum Gasteiger partial charge on any atom is -0.550 e. The molecule has 0 aromatic heterocycles. The Morgan fingerprint density at radius 3 is 2.42 bits per heavy atom. The summed E-state index contributed by atoms with van der Waals surface area (Å²) in [6.07, 6.45) is -0.0472. The van der Waals surface area contributed by atoms with Gasteiger partial charge < -0.3 is 24.6 Å². The Balaban J connectivity index is 2.36. The lowest BCUT2D eigenvalue weighted by Gasteiger charge is -2.26. The van der Waals surface area contributed by atoms with Gasteiger partial charge in [0.15, 0.2) is 11.5 Å². The molecular formula is C17H18NO6-. The summed E-state index contributed by atoms with van der Waals surface area (Å²) in [5.74, 6) is -2.28. The van der Waals surface area contributed by atoms with E-state index in [0.717, 1.165) is 0 Å². The third-order valence-electron chi connectivity index (χ3n) is 3.89. The van der Waals surface area contributed by atoms with Gasteiger partial charge >= 0.3 is 0 Å². The fourth-order valence-electron chi connectivity index (χ4n) is 2.77. The molecule has 1 aromatic carbocycles. The number of rotatable bonds is 7. The van der Waals surface area contributed by atoms with Crippen molar-refractivity contribution >= 4 is 17.7 Å². The van der Waals surface area contributed by atoms with Gasteiger partial charge in [-0.05, 0) is 37.5 Å². The molecule has 0 bridgehead atoms. The van der Waals surface area contributed by atoms with Gasteiger partial charge in [-0.2, -0.15) is 0 Å². The molecule has 128 valence electrons. The molecular weight excluding hydrogens is 314 g/mol. The third kappa shape index (κ3) is 3.40. The van der Waals surface area contributed by atoms with E-state index in [1.165, 1.54) is 18.9 Å². The number of aliphatic hydroxyl groups is 1. The predicted molar refractivity (Wildman–Crippen MR) is 82.0 cm³/mol. The van der Waals surface area contributed by atoms with Crippen molar-refractivity contribution in [1.82, 2.24) is 4.90 Å². The molecule has 0 spiro atoms. The number of aliphatic hydroxyl groups excluding tert-OH is 1. The summed E-state index contributed by atoms with van der Waals surface area (Å²) in [5.41, 5.74) is 0.644. The summed E-state index contributed by atoms with van der Waals surface area (Å²) in [5, 5.41) is 20.6. The number of ketones is 1. The first-order valence-electron chi connectivity index (χ1n) is 7.45. The van der Waals surface area contributed by atoms with Crippen LogP contribution >= 0.6 is 0 Å². The SMILES string of the molecule is COc1ccc([C@H]2C(C(C)=O)=C(O)C(=O)N2CCCC(=O)[O-])cc1. The number of hydrogen-bond acceptors (Lipinski definition) is 6. The van der Waals surface area contributed by atoms with E-state index in [0.29, 0.717) is 11.3 Å². The minimum absolute atomic E-state index is 0.0126. The molecule has 1 aliphatic rings. The van der Waals surface area contributed by atoms with Crippen molar-refractivity contribution in [1.29, 1.82) is 0 Å². The fraction of sp³-hybridized carbons (Fsp3) is 0.353. The molecule has 0 saturated heterocycles. The van der Waals surface area contributed by atoms with Crippen molar-refractivity contribution in [2.45, 2.75) is 25.8 Å². The highest BCUT2D eigenvalue weighted by atomic mass is 16.5. The van der Waals surface area contributed by atoms with Crippen LogP contribution < -0.4 is 9.84 Å². The summed E-state index contributed by atoms with van der Waals surface area (Å²) in [4.78, 5) is 36.1. The molecule has 7 nitrogen and oxygen atoms in total. The zero-order valence-electron chi connectivity index (χ0n) is 13.4. The molecule has 24 heavy (non-hydrogen) atoms. The number of Topliss-reactive ketones (excluding diaryl/α,β-unsaturated/α-hetero) is 1. The standard InChI is InChI=1S/C17H19NO6/c1-10(19)14-15(11-5-7-12(24-2)8-6-11)18(17(23)16(14)22)9-3-4-13(20)21/h5-8,15,22H,3-4,9H2,1-2H3,(H,20,21)/p-1/t15-/m0/s1. The lowest BCUT2D eigenvalue weighted by atomic mass is 9.96. The second kappa shape index (κ2) is 7.16. The number of benzene rings is 1. The Morgan fingerprint density at radius 1 is 1.29 bits per heavy atom. The molecule has 0 radical (unpaired) electrons. The Morgan fingerprint density at radius 2 is 1.92 bits per heavy atom. The van der Waals surface area contributed by atoms with Gasteiger partial charge in [0.2, 0.25) is 0 Å². The normalized spacial score (nSPS) is 17.3. The lowest BCUT2D eigenvalue weighted by Crippen LogP contribution is -2.33. The maximum atomic E-state index is 12.3. The third-order valence-corrected chi connectivity index (χ3v) is 3.89. The molecule has 1 amide bonds. The van der Waals surface area contributed by atoms with Crippen molar-refractivity contribution in [3.05, 3.63) is 41.2 Å². The molecule has 0 aliphatic carbocycles. The molecule has 1 N–H and O–H groups in total. The summed E-state index contributed by atoms with van der Waals surface area (Å²) < 4.78 is 5.09. The van der Waals surface area contributed by atoms with E-state index in [1.54, 1.807) is 24.3 Å². The summed E-state index contributed by atoms with van der Waals surface area (Å²) >= 11 is 0. The first kappa shape index (κ1) is 17.5. The van der Waals surface area contributed by atoms with Crippen molar-refractivity contribution in [3.8, 4) is 5.75 Å². The Bertz CT molecular complexity index is 692. The van der Waals surface area contributed by atoms with Crippen LogP contribution in [0.25, 0.3) is 0 Å². The van der Waals surface area contributed by atoms with E-state index in [-0.39, 0.29) is 25.0 Å². The number of carboxylic acids is 1. The lowest BCUT2D eigenvalue weighted by molar-refractivity contribution is -0.305. The second-order valence-corrected chi connectivity index (χ2v) is 5.47. The van der Waals surface area contributed by atoms with E-state index in [1.807, 2.05) is 0 Å². The van der Waals surface area contributed by atoms with Gasteiger partial charge in [-0.1, -0.05) is 12.1 Å². The topological polar surface area (TPSA) is 107 Å². The van der Waals surface area contributed by atoms with E-state index in [2.05, 4.69) is 0 Å². The van der Waals surface area contributed by atoms with Gasteiger partial charge in [0.25, 0.3) is 5.91 Å². The average Bonchev–Trinajstić information content (AvgIpc) is 2.79. The largest absolute Gasteiger partial charge is 0.550 e. The maximum absolute atomic E-state index is 12.3. The number of carbonyl (C=O) groups is 3. The fourth-order valence-corrected chi connectivity index (χ4v) is 2.77. The zero-order valence-corrected chi connectivity index (χ0v) is 13.4. The molecule has 7 heteroatoms. The number of carbonyl (C=O) groups excluding carboxylic acids is 3. The number of nitrogens with zero attached hydrogens (tertiary/aromatic N) is 1. The van der Waals surface area contributed by atoms with Gasteiger partial charge in [-0.25, -0.2) is 0 Å². The van der Waals surface area contributed by atoms with Crippen LogP contribution in [0.5, 0.6) is 5.75 Å². The molecule has 1 heterocycles. The average molecular weight is 332 g/mol. The van der Waals surface area contributed by atoms with Gasteiger partial charge in [0, 0.05) is 12.5 Å². The molecule has 1 aromatic rings. The van der Waals surface area contributed by atoms with Gasteiger partial charge in [0.05, 0.1) is 18.7 Å². The smallest absolute Gasteiger partial charge is 0.290 e. The van der Waals surface area contributed by atoms with E-state index < -0.39 is 29.5 Å². The van der Waals surface area contributed by atoms with Crippen LogP contribution in [-0.4, -0.2) is 41.3 Å². The quantitative estimate of drug-likeness (QED) is 0.779. The van der Waals surface area contributed by atoms with E-state index >= 15 is 0 Å². The van der Waals surface area contributed by atoms with Crippen LogP contribution in [0.3, 0.4) is 0 Å². The van der Waals surface area contributed by atoms with Gasteiger partial charge in [-0.15, -0.1) is 0 Å². The summed E-state index contributed by atoms with van der Waals surface area (Å²) in [7, 11) is 1.52. The monoisotopic (exact) mass is 332 g/mol. The van der Waals surface area contributed by atoms with Crippen molar-refractivity contribution in [2.24, 2.45) is 0 Å². The number of aliphatic carboxylic acids is 1. The van der Waals surface area contributed by atoms with Crippen LogP contribution in [0.4, 0.5) is 0 Å². The Kier molecular flexibility index (Phi) is 5.23. The first-order valence-corrected chi connectivity index (χ1v) is 7.45. The molecule has 0 saturated carbocycles. The van der Waals surface area contributed by atoms with Crippen LogP contribution in [0.2, 0.25) is 0 Å². The Hall–Kier alpha value is -2.83. The minimum atomic E-state index is -1.22. The van der Waals surface area contributed by atoms with Crippen molar-refractivity contribution < 1.29 is 29.3 Å². The molecule has 0 fully saturated rings. The molecule has 1 atom stereocenters. The van der Waals surface area contributed by atoms with Gasteiger partial charge in [-0.3, -0.25) is 9.59 Å². The maximum Gasteiger partial charge on any atom is 0.290 e. The number of hydrogen-bond donors (Lipinski definition) is 1.